The first-order valence-electron chi connectivity index (χ1n) is 13.8. The Kier molecular flexibility index (Phi) is 10.5. The van der Waals surface area contributed by atoms with Crippen LogP contribution in [0, 0.1) is 17.8 Å². The minimum absolute atomic E-state index is 0.129. The van der Waals surface area contributed by atoms with Crippen molar-refractivity contribution in [2.24, 2.45) is 17.8 Å². The van der Waals surface area contributed by atoms with Gasteiger partial charge in [0.05, 0.1) is 0 Å². The second-order valence-electron chi connectivity index (χ2n) is 10.7. The fourth-order valence-electron chi connectivity index (χ4n) is 6.18. The van der Waals surface area contributed by atoms with Crippen LogP contribution in [-0.4, -0.2) is 11.6 Å². The highest BCUT2D eigenvalue weighted by Gasteiger charge is 2.26. The summed E-state index contributed by atoms with van der Waals surface area (Å²) in [5, 5.41) is 0. The molecule has 0 heterocycles. The molecule has 3 rings (SSSR count). The van der Waals surface area contributed by atoms with E-state index in [4.69, 9.17) is 0 Å². The van der Waals surface area contributed by atoms with E-state index >= 15 is 0 Å². The Bertz CT molecular complexity index is 688. The standard InChI is InChI=1S/C30H46O2/c1-3-5-6-8-24-9-13-25(14-10-24)26-17-19-28(20-18-26)30(32)22-21-29(31)27-15-11-23(7-4-2)12-16-27/h17-20,23-25,27H,3-16,21-22H2,1-2H3. The first-order valence-corrected chi connectivity index (χ1v) is 13.8. The van der Waals surface area contributed by atoms with Gasteiger partial charge in [-0.3, -0.25) is 9.59 Å². The molecule has 0 bridgehead atoms. The average Bonchev–Trinajstić information content (AvgIpc) is 2.84. The number of rotatable bonds is 12. The van der Waals surface area contributed by atoms with Crippen molar-refractivity contribution in [3.05, 3.63) is 35.4 Å². The SMILES string of the molecule is CCCCCC1CCC(c2ccc(C(=O)CCC(=O)C3CCC(CCC)CC3)cc2)CC1. The first kappa shape index (κ1) is 25.2. The summed E-state index contributed by atoms with van der Waals surface area (Å²) in [6.07, 6.45) is 18.6. The minimum atomic E-state index is 0.129. The van der Waals surface area contributed by atoms with Crippen LogP contribution < -0.4 is 0 Å². The fourth-order valence-corrected chi connectivity index (χ4v) is 6.18. The summed E-state index contributed by atoms with van der Waals surface area (Å²) in [4.78, 5) is 25.3. The van der Waals surface area contributed by atoms with Crippen molar-refractivity contribution < 1.29 is 9.59 Å². The van der Waals surface area contributed by atoms with Gasteiger partial charge in [-0.05, 0) is 74.7 Å². The molecule has 2 saturated carbocycles. The number of unbranched alkanes of at least 4 members (excludes halogenated alkanes) is 2. The van der Waals surface area contributed by atoms with E-state index in [0.29, 0.717) is 24.5 Å². The molecule has 2 aliphatic rings. The zero-order chi connectivity index (χ0) is 22.8. The zero-order valence-corrected chi connectivity index (χ0v) is 20.7. The molecular weight excluding hydrogens is 392 g/mol. The van der Waals surface area contributed by atoms with Gasteiger partial charge in [-0.1, -0.05) is 76.6 Å². The Balaban J connectivity index is 1.39. The molecule has 0 aromatic heterocycles. The monoisotopic (exact) mass is 438 g/mol. The van der Waals surface area contributed by atoms with E-state index in [2.05, 4.69) is 26.0 Å². The lowest BCUT2D eigenvalue weighted by Gasteiger charge is -2.29. The molecule has 0 radical (unpaired) electrons. The van der Waals surface area contributed by atoms with Crippen LogP contribution in [0.15, 0.2) is 24.3 Å². The van der Waals surface area contributed by atoms with Gasteiger partial charge in [0.15, 0.2) is 5.78 Å². The van der Waals surface area contributed by atoms with Gasteiger partial charge >= 0.3 is 0 Å². The molecule has 0 N–H and O–H groups in total. The van der Waals surface area contributed by atoms with E-state index in [9.17, 15) is 9.59 Å². The minimum Gasteiger partial charge on any atom is -0.299 e. The van der Waals surface area contributed by atoms with Gasteiger partial charge in [0.25, 0.3) is 0 Å². The van der Waals surface area contributed by atoms with Crippen LogP contribution in [0.1, 0.15) is 138 Å². The normalized spacial score (nSPS) is 26.1. The van der Waals surface area contributed by atoms with Gasteiger partial charge in [0, 0.05) is 24.3 Å². The predicted molar refractivity (Wildman–Crippen MR) is 134 cm³/mol. The summed E-state index contributed by atoms with van der Waals surface area (Å²) in [5.41, 5.74) is 2.18. The average molecular weight is 439 g/mol. The van der Waals surface area contributed by atoms with Crippen LogP contribution in [0.5, 0.6) is 0 Å². The van der Waals surface area contributed by atoms with E-state index in [0.717, 1.165) is 30.2 Å². The van der Waals surface area contributed by atoms with Crippen molar-refractivity contribution in [2.45, 2.75) is 122 Å². The molecule has 0 amide bonds. The summed E-state index contributed by atoms with van der Waals surface area (Å²) >= 11 is 0. The maximum Gasteiger partial charge on any atom is 0.163 e. The van der Waals surface area contributed by atoms with Crippen LogP contribution >= 0.6 is 0 Å². The van der Waals surface area contributed by atoms with Gasteiger partial charge in [-0.15, -0.1) is 0 Å². The highest BCUT2D eigenvalue weighted by Crippen LogP contribution is 2.38. The number of carbonyl (C=O) groups excluding carboxylic acids is 2. The number of Topliss-reactive ketones (excluding diaryl/α,β-unsaturated/α-hetero) is 2. The molecule has 1 aromatic rings. The fraction of sp³-hybridized carbons (Fsp3) is 0.733. The van der Waals surface area contributed by atoms with E-state index in [1.54, 1.807) is 0 Å². The Morgan fingerprint density at radius 2 is 1.34 bits per heavy atom. The molecule has 2 nitrogen and oxygen atoms in total. The molecule has 2 aliphatic carbocycles. The maximum absolute atomic E-state index is 12.7. The predicted octanol–water partition coefficient (Wildman–Crippen LogP) is 8.68. The molecule has 0 atom stereocenters. The third-order valence-corrected chi connectivity index (χ3v) is 8.36. The van der Waals surface area contributed by atoms with Crippen molar-refractivity contribution in [1.29, 1.82) is 0 Å². The van der Waals surface area contributed by atoms with Crippen molar-refractivity contribution in [3.63, 3.8) is 0 Å². The molecule has 1 aromatic carbocycles. The van der Waals surface area contributed by atoms with E-state index < -0.39 is 0 Å². The maximum atomic E-state index is 12.7. The highest BCUT2D eigenvalue weighted by molar-refractivity contribution is 5.98. The van der Waals surface area contributed by atoms with Crippen molar-refractivity contribution in [1.82, 2.24) is 0 Å². The molecule has 0 unspecified atom stereocenters. The molecule has 178 valence electrons. The van der Waals surface area contributed by atoms with Gasteiger partial charge in [0.1, 0.15) is 5.78 Å². The number of carbonyl (C=O) groups is 2. The quantitative estimate of drug-likeness (QED) is 0.241. The van der Waals surface area contributed by atoms with Crippen molar-refractivity contribution >= 4 is 11.6 Å². The third-order valence-electron chi connectivity index (χ3n) is 8.36. The molecule has 0 aliphatic heterocycles. The van der Waals surface area contributed by atoms with E-state index in [-0.39, 0.29) is 11.7 Å². The lowest BCUT2D eigenvalue weighted by Crippen LogP contribution is -2.22. The Labute approximate surface area is 197 Å². The number of hydrogen-bond donors (Lipinski definition) is 0. The number of hydrogen-bond acceptors (Lipinski definition) is 2. The summed E-state index contributed by atoms with van der Waals surface area (Å²) < 4.78 is 0. The third kappa shape index (κ3) is 7.56. The van der Waals surface area contributed by atoms with Crippen LogP contribution in [0.2, 0.25) is 0 Å². The van der Waals surface area contributed by atoms with Gasteiger partial charge in [0.2, 0.25) is 0 Å². The summed E-state index contributed by atoms with van der Waals surface area (Å²) in [7, 11) is 0. The highest BCUT2D eigenvalue weighted by atomic mass is 16.1. The molecule has 32 heavy (non-hydrogen) atoms. The Hall–Kier alpha value is -1.44. The van der Waals surface area contributed by atoms with E-state index in [1.165, 1.54) is 82.6 Å². The van der Waals surface area contributed by atoms with Gasteiger partial charge < -0.3 is 0 Å². The van der Waals surface area contributed by atoms with Crippen molar-refractivity contribution in [3.8, 4) is 0 Å². The Morgan fingerprint density at radius 1 is 0.719 bits per heavy atom. The first-order chi connectivity index (χ1) is 15.6. The van der Waals surface area contributed by atoms with Crippen LogP contribution in [0.25, 0.3) is 0 Å². The number of benzene rings is 1. The molecule has 2 fully saturated rings. The lowest BCUT2D eigenvalue weighted by molar-refractivity contribution is -0.124. The summed E-state index contributed by atoms with van der Waals surface area (Å²) in [6, 6.07) is 8.36. The van der Waals surface area contributed by atoms with Crippen LogP contribution in [0.4, 0.5) is 0 Å². The topological polar surface area (TPSA) is 34.1 Å². The van der Waals surface area contributed by atoms with Gasteiger partial charge in [-0.2, -0.15) is 0 Å². The zero-order valence-electron chi connectivity index (χ0n) is 20.7. The van der Waals surface area contributed by atoms with Crippen LogP contribution in [0.3, 0.4) is 0 Å². The number of ketones is 2. The molecular formula is C30H46O2. The van der Waals surface area contributed by atoms with Gasteiger partial charge in [-0.25, -0.2) is 0 Å². The molecule has 2 heteroatoms. The Morgan fingerprint density at radius 3 is 1.97 bits per heavy atom. The van der Waals surface area contributed by atoms with Crippen LogP contribution in [-0.2, 0) is 4.79 Å². The second-order valence-corrected chi connectivity index (χ2v) is 10.7. The smallest absolute Gasteiger partial charge is 0.163 e. The molecule has 0 saturated heterocycles. The summed E-state index contributed by atoms with van der Waals surface area (Å²) in [5.74, 6) is 3.06. The summed E-state index contributed by atoms with van der Waals surface area (Å²) in [6.45, 7) is 4.53. The second kappa shape index (κ2) is 13.3. The largest absolute Gasteiger partial charge is 0.299 e. The lowest BCUT2D eigenvalue weighted by atomic mass is 9.77. The van der Waals surface area contributed by atoms with Crippen molar-refractivity contribution in [2.75, 3.05) is 0 Å². The molecule has 0 spiro atoms. The van der Waals surface area contributed by atoms with E-state index in [1.807, 2.05) is 12.1 Å².